The summed E-state index contributed by atoms with van der Waals surface area (Å²) in [6.45, 7) is 7.76. The Morgan fingerprint density at radius 1 is 1.32 bits per heavy atom. The number of hydrogen-bond donors (Lipinski definition) is 1. The van der Waals surface area contributed by atoms with Crippen molar-refractivity contribution in [3.8, 4) is 5.75 Å². The number of nitrogens with one attached hydrogen (secondary N) is 1. The van der Waals surface area contributed by atoms with Gasteiger partial charge in [0.15, 0.2) is 5.11 Å². The molecule has 0 radical (unpaired) electrons. The average Bonchev–Trinajstić information content (AvgIpc) is 3.21. The Hall–Kier alpha value is -1.63. The van der Waals surface area contributed by atoms with Crippen LogP contribution < -0.4 is 10.1 Å². The first kappa shape index (κ1) is 21.1. The van der Waals surface area contributed by atoms with Crippen molar-refractivity contribution < 1.29 is 4.74 Å². The lowest BCUT2D eigenvalue weighted by atomic mass is 10.0. The van der Waals surface area contributed by atoms with Crippen LogP contribution in [0.4, 0.5) is 5.69 Å². The van der Waals surface area contributed by atoms with Crippen LogP contribution in [0.3, 0.4) is 0 Å². The maximum absolute atomic E-state index is 5.78. The number of piperidine rings is 1. The van der Waals surface area contributed by atoms with Crippen molar-refractivity contribution >= 4 is 34.4 Å². The summed E-state index contributed by atoms with van der Waals surface area (Å²) >= 11 is 7.56. The highest BCUT2D eigenvalue weighted by atomic mass is 32.1. The summed E-state index contributed by atoms with van der Waals surface area (Å²) in [6, 6.07) is 12.2. The molecule has 1 fully saturated rings. The van der Waals surface area contributed by atoms with Gasteiger partial charge in [0.05, 0.1) is 19.3 Å². The maximum atomic E-state index is 5.78. The Morgan fingerprint density at radius 3 is 2.93 bits per heavy atom. The van der Waals surface area contributed by atoms with E-state index in [-0.39, 0.29) is 0 Å². The van der Waals surface area contributed by atoms with E-state index in [2.05, 4.69) is 39.6 Å². The van der Waals surface area contributed by atoms with Crippen molar-refractivity contribution in [3.63, 3.8) is 0 Å². The highest BCUT2D eigenvalue weighted by Crippen LogP contribution is 2.24. The Balaban J connectivity index is 1.60. The number of hydrogen-bond acceptors (Lipinski definition) is 4. The number of rotatable bonds is 8. The topological polar surface area (TPSA) is 27.7 Å². The molecular formula is C22H31N3OS2. The van der Waals surface area contributed by atoms with Crippen molar-refractivity contribution in [2.75, 3.05) is 38.6 Å². The molecule has 2 heterocycles. The zero-order chi connectivity index (χ0) is 19.8. The largest absolute Gasteiger partial charge is 0.495 e. The first-order chi connectivity index (χ1) is 13.7. The molecule has 1 aliphatic heterocycles. The lowest BCUT2D eigenvalue weighted by Gasteiger charge is -2.32. The molecule has 28 heavy (non-hydrogen) atoms. The van der Waals surface area contributed by atoms with Gasteiger partial charge in [0.2, 0.25) is 0 Å². The fourth-order valence-corrected chi connectivity index (χ4v) is 4.75. The number of likely N-dealkylation sites (tertiary alicyclic amines) is 1. The molecule has 0 amide bonds. The summed E-state index contributed by atoms with van der Waals surface area (Å²) in [7, 11) is 1.69. The van der Waals surface area contributed by atoms with E-state index in [0.29, 0.717) is 0 Å². The zero-order valence-corrected chi connectivity index (χ0v) is 18.5. The van der Waals surface area contributed by atoms with Crippen LogP contribution in [-0.2, 0) is 6.54 Å². The Kier molecular flexibility index (Phi) is 8.13. The number of nitrogens with zero attached hydrogens (tertiary/aromatic N) is 2. The second-order valence-corrected chi connectivity index (χ2v) is 8.95. The van der Waals surface area contributed by atoms with Gasteiger partial charge >= 0.3 is 0 Å². The van der Waals surface area contributed by atoms with Gasteiger partial charge in [-0.25, -0.2) is 0 Å². The summed E-state index contributed by atoms with van der Waals surface area (Å²) < 4.78 is 5.46. The molecular weight excluding hydrogens is 386 g/mol. The van der Waals surface area contributed by atoms with Crippen LogP contribution in [0.1, 0.15) is 31.1 Å². The van der Waals surface area contributed by atoms with Crippen LogP contribution in [-0.4, -0.2) is 48.2 Å². The quantitative estimate of drug-likeness (QED) is 0.605. The number of para-hydroxylation sites is 2. The van der Waals surface area contributed by atoms with E-state index in [1.807, 2.05) is 24.3 Å². The third-order valence-corrected chi connectivity index (χ3v) is 6.43. The first-order valence-corrected chi connectivity index (χ1v) is 11.4. The highest BCUT2D eigenvalue weighted by Gasteiger charge is 2.17. The number of methoxy groups -OCH3 is 1. The fourth-order valence-electron chi connectivity index (χ4n) is 3.76. The van der Waals surface area contributed by atoms with Gasteiger partial charge in [-0.2, -0.15) is 0 Å². The van der Waals surface area contributed by atoms with E-state index in [0.717, 1.165) is 48.5 Å². The van der Waals surface area contributed by atoms with Crippen molar-refractivity contribution in [2.45, 2.75) is 32.7 Å². The van der Waals surface area contributed by atoms with Crippen LogP contribution in [0.25, 0.3) is 0 Å². The number of anilines is 1. The Bertz CT molecular complexity index is 735. The molecule has 1 aliphatic rings. The zero-order valence-electron chi connectivity index (χ0n) is 16.9. The fraction of sp³-hybridized carbons (Fsp3) is 0.500. The van der Waals surface area contributed by atoms with E-state index in [1.54, 1.807) is 18.4 Å². The first-order valence-electron chi connectivity index (χ1n) is 10.1. The van der Waals surface area contributed by atoms with Gasteiger partial charge in [-0.15, -0.1) is 11.3 Å². The smallest absolute Gasteiger partial charge is 0.173 e. The van der Waals surface area contributed by atoms with Gasteiger partial charge in [-0.1, -0.05) is 25.1 Å². The minimum absolute atomic E-state index is 0.755. The summed E-state index contributed by atoms with van der Waals surface area (Å²) in [6.07, 6.45) is 3.81. The molecule has 0 unspecified atom stereocenters. The van der Waals surface area contributed by atoms with Gasteiger partial charge in [0.1, 0.15) is 5.75 Å². The summed E-state index contributed by atoms with van der Waals surface area (Å²) in [4.78, 5) is 6.21. The van der Waals surface area contributed by atoms with Crippen LogP contribution >= 0.6 is 23.6 Å². The van der Waals surface area contributed by atoms with Gasteiger partial charge in [-0.05, 0) is 74.1 Å². The number of ether oxygens (including phenoxy) is 1. The third kappa shape index (κ3) is 6.19. The van der Waals surface area contributed by atoms with Crippen molar-refractivity contribution in [1.82, 2.24) is 9.80 Å². The predicted molar refractivity (Wildman–Crippen MR) is 123 cm³/mol. The molecule has 6 heteroatoms. The lowest BCUT2D eigenvalue weighted by Crippen LogP contribution is -2.39. The van der Waals surface area contributed by atoms with E-state index < -0.39 is 0 Å². The van der Waals surface area contributed by atoms with Gasteiger partial charge < -0.3 is 19.9 Å². The van der Waals surface area contributed by atoms with Crippen molar-refractivity contribution in [1.29, 1.82) is 0 Å². The summed E-state index contributed by atoms with van der Waals surface area (Å²) in [5.41, 5.74) is 0.913. The second-order valence-electron chi connectivity index (χ2n) is 7.53. The second kappa shape index (κ2) is 10.8. The Labute approximate surface area is 178 Å². The molecule has 0 spiro atoms. The van der Waals surface area contributed by atoms with E-state index in [4.69, 9.17) is 17.0 Å². The normalized spacial score (nSPS) is 17.3. The number of benzene rings is 1. The highest BCUT2D eigenvalue weighted by molar-refractivity contribution is 7.80. The minimum Gasteiger partial charge on any atom is -0.495 e. The summed E-state index contributed by atoms with van der Waals surface area (Å²) in [5.74, 6) is 1.63. The van der Waals surface area contributed by atoms with Crippen LogP contribution in [0.15, 0.2) is 41.8 Å². The van der Waals surface area contributed by atoms with E-state index >= 15 is 0 Å². The van der Waals surface area contributed by atoms with Gasteiger partial charge in [-0.3, -0.25) is 0 Å². The molecule has 3 rings (SSSR count). The minimum atomic E-state index is 0.755. The standard InChI is InChI=1S/C22H31N3OS2/c1-18-8-5-12-24(16-18)13-7-14-25(17-19-9-6-15-28-19)22(27)23-20-10-3-4-11-21(20)26-2/h3-4,6,9-11,15,18H,5,7-8,12-14,16-17H2,1-2H3,(H,23,27)/t18-/m0/s1. The van der Waals surface area contributed by atoms with Crippen LogP contribution in [0.5, 0.6) is 5.75 Å². The molecule has 1 N–H and O–H groups in total. The molecule has 152 valence electrons. The van der Waals surface area contributed by atoms with Crippen LogP contribution in [0.2, 0.25) is 0 Å². The molecule has 0 saturated carbocycles. The molecule has 0 bridgehead atoms. The molecule has 0 aliphatic carbocycles. The van der Waals surface area contributed by atoms with E-state index in [1.165, 1.54) is 30.8 Å². The van der Waals surface area contributed by atoms with Gasteiger partial charge in [0, 0.05) is 18.0 Å². The predicted octanol–water partition coefficient (Wildman–Crippen LogP) is 5.08. The average molecular weight is 418 g/mol. The molecule has 4 nitrogen and oxygen atoms in total. The Morgan fingerprint density at radius 2 is 2.18 bits per heavy atom. The molecule has 1 aromatic carbocycles. The summed E-state index contributed by atoms with van der Waals surface area (Å²) in [5, 5.41) is 6.27. The SMILES string of the molecule is COc1ccccc1NC(=S)N(CCCN1CCC[C@H](C)C1)Cc1cccs1. The molecule has 1 atom stereocenters. The molecule has 1 saturated heterocycles. The lowest BCUT2D eigenvalue weighted by molar-refractivity contribution is 0.177. The third-order valence-electron chi connectivity index (χ3n) is 5.21. The maximum Gasteiger partial charge on any atom is 0.173 e. The van der Waals surface area contributed by atoms with E-state index in [9.17, 15) is 0 Å². The molecule has 2 aromatic rings. The van der Waals surface area contributed by atoms with Crippen molar-refractivity contribution in [2.24, 2.45) is 5.92 Å². The molecule has 1 aromatic heterocycles. The monoisotopic (exact) mass is 417 g/mol. The number of thiocarbonyl (C=S) groups is 1. The number of thiophene rings is 1. The van der Waals surface area contributed by atoms with Gasteiger partial charge in [0.25, 0.3) is 0 Å². The van der Waals surface area contributed by atoms with Crippen LogP contribution in [0, 0.1) is 5.92 Å². The van der Waals surface area contributed by atoms with Crippen molar-refractivity contribution in [3.05, 3.63) is 46.7 Å².